The Bertz CT molecular complexity index is 1570. The van der Waals surface area contributed by atoms with Crippen LogP contribution in [0.5, 0.6) is 5.75 Å². The van der Waals surface area contributed by atoms with Gasteiger partial charge in [0, 0.05) is 58.0 Å². The lowest BCUT2D eigenvalue weighted by molar-refractivity contribution is -0.157. The zero-order chi connectivity index (χ0) is 29.6. The first-order valence-corrected chi connectivity index (χ1v) is 15.7. The van der Waals surface area contributed by atoms with Crippen LogP contribution >= 0.6 is 34.5 Å². The quantitative estimate of drug-likeness (QED) is 0.188. The number of H-pyrrole nitrogens is 1. The zero-order valence-corrected chi connectivity index (χ0v) is 25.7. The van der Waals surface area contributed by atoms with Gasteiger partial charge in [-0.25, -0.2) is 0 Å². The molecule has 1 N–H and O–H groups in total. The highest BCUT2D eigenvalue weighted by atomic mass is 35.5. The van der Waals surface area contributed by atoms with Gasteiger partial charge < -0.3 is 19.5 Å². The number of carbonyl (C=O) groups excluding carboxylic acids is 3. The topological polar surface area (TPSA) is 82.7 Å². The van der Waals surface area contributed by atoms with Gasteiger partial charge in [0.05, 0.1) is 13.7 Å². The van der Waals surface area contributed by atoms with Gasteiger partial charge in [-0.05, 0) is 78.6 Å². The highest BCUT2D eigenvalue weighted by molar-refractivity contribution is 7.09. The summed E-state index contributed by atoms with van der Waals surface area (Å²) < 4.78 is 5.36. The zero-order valence-electron chi connectivity index (χ0n) is 23.4. The number of ether oxygens (including phenoxy) is 1. The van der Waals surface area contributed by atoms with Crippen LogP contribution in [0.1, 0.15) is 35.3 Å². The molecule has 2 aromatic heterocycles. The number of ketones is 1. The van der Waals surface area contributed by atoms with Gasteiger partial charge in [-0.15, -0.1) is 11.3 Å². The predicted octanol–water partition coefficient (Wildman–Crippen LogP) is 6.35. The summed E-state index contributed by atoms with van der Waals surface area (Å²) in [5.74, 6) is 0.426. The molecule has 0 radical (unpaired) electrons. The maximum Gasteiger partial charge on any atom is 0.246 e. The molecule has 1 atom stereocenters. The van der Waals surface area contributed by atoms with Crippen LogP contribution in [0.25, 0.3) is 10.9 Å². The Balaban J connectivity index is 1.24. The number of hydrogen-bond acceptors (Lipinski definition) is 5. The van der Waals surface area contributed by atoms with E-state index in [9.17, 15) is 14.4 Å². The van der Waals surface area contributed by atoms with Crippen LogP contribution in [0.3, 0.4) is 0 Å². The van der Waals surface area contributed by atoms with Crippen molar-refractivity contribution < 1.29 is 19.1 Å². The van der Waals surface area contributed by atoms with E-state index in [0.717, 1.165) is 32.7 Å². The van der Waals surface area contributed by atoms with Crippen molar-refractivity contribution in [1.82, 2.24) is 14.8 Å². The standard InChI is InChI=1S/C32H33Cl2N3O4S/c1-41-25-9-10-29-27(18-25)22(19-35-29)4-2-5-24(38)17-30-32(40)36(13-11-21-7-8-23(33)16-28(21)34)20-31(39)37(30)14-12-26-6-3-15-42-26/h3,6-10,15-16,18-19,30,35H,2,4-5,11-14,17,20H2,1H3. The van der Waals surface area contributed by atoms with Crippen molar-refractivity contribution in [1.29, 1.82) is 0 Å². The average molecular weight is 627 g/mol. The number of piperazine rings is 1. The number of thiophene rings is 1. The Morgan fingerprint density at radius 1 is 1.05 bits per heavy atom. The number of benzene rings is 2. The van der Waals surface area contributed by atoms with E-state index in [0.29, 0.717) is 55.2 Å². The lowest BCUT2D eigenvalue weighted by atomic mass is 9.98. The minimum absolute atomic E-state index is 0.00885. The van der Waals surface area contributed by atoms with Crippen molar-refractivity contribution in [3.8, 4) is 5.75 Å². The molecular weight excluding hydrogens is 593 g/mol. The van der Waals surface area contributed by atoms with Crippen molar-refractivity contribution >= 4 is 63.0 Å². The molecule has 0 spiro atoms. The minimum atomic E-state index is -0.809. The molecule has 3 heterocycles. The van der Waals surface area contributed by atoms with E-state index in [1.54, 1.807) is 40.4 Å². The van der Waals surface area contributed by atoms with Crippen LogP contribution in [0.2, 0.25) is 10.0 Å². The lowest BCUT2D eigenvalue weighted by Crippen LogP contribution is -2.61. The number of hydrogen-bond donors (Lipinski definition) is 1. The number of aromatic amines is 1. The Morgan fingerprint density at radius 3 is 2.67 bits per heavy atom. The van der Waals surface area contributed by atoms with E-state index in [4.69, 9.17) is 27.9 Å². The molecular formula is C32H33Cl2N3O4S. The van der Waals surface area contributed by atoms with E-state index in [1.165, 1.54) is 0 Å². The van der Waals surface area contributed by atoms with E-state index >= 15 is 0 Å². The summed E-state index contributed by atoms with van der Waals surface area (Å²) in [5, 5.41) is 4.13. The molecule has 0 saturated carbocycles. The van der Waals surface area contributed by atoms with Gasteiger partial charge in [0.2, 0.25) is 11.8 Å². The number of aromatic nitrogens is 1. The van der Waals surface area contributed by atoms with Crippen molar-refractivity contribution in [2.24, 2.45) is 0 Å². The summed E-state index contributed by atoms with van der Waals surface area (Å²) in [4.78, 5) is 47.9. The van der Waals surface area contributed by atoms with Crippen molar-refractivity contribution in [3.05, 3.63) is 86.2 Å². The predicted molar refractivity (Wildman–Crippen MR) is 168 cm³/mol. The molecule has 2 aromatic carbocycles. The maximum absolute atomic E-state index is 13.7. The number of Topliss-reactive ketones (excluding diaryl/α,β-unsaturated/α-hetero) is 1. The molecule has 1 aliphatic heterocycles. The molecule has 0 bridgehead atoms. The van der Waals surface area contributed by atoms with Crippen LogP contribution in [-0.2, 0) is 33.6 Å². The van der Waals surface area contributed by atoms with Crippen LogP contribution in [-0.4, -0.2) is 65.2 Å². The fourth-order valence-corrected chi connectivity index (χ4v) is 6.67. The summed E-state index contributed by atoms with van der Waals surface area (Å²) in [6.07, 6.45) is 4.79. The van der Waals surface area contributed by atoms with Gasteiger partial charge in [0.25, 0.3) is 0 Å². The van der Waals surface area contributed by atoms with Crippen LogP contribution in [0.4, 0.5) is 0 Å². The molecule has 1 saturated heterocycles. The van der Waals surface area contributed by atoms with Crippen LogP contribution in [0, 0.1) is 0 Å². The lowest BCUT2D eigenvalue weighted by Gasteiger charge is -2.40. The molecule has 7 nitrogen and oxygen atoms in total. The van der Waals surface area contributed by atoms with E-state index in [2.05, 4.69) is 4.98 Å². The third-order valence-electron chi connectivity index (χ3n) is 7.76. The molecule has 10 heteroatoms. The van der Waals surface area contributed by atoms with Crippen LogP contribution in [0.15, 0.2) is 60.1 Å². The first-order valence-electron chi connectivity index (χ1n) is 14.0. The number of fused-ring (bicyclic) bond motifs is 1. The molecule has 4 aromatic rings. The van der Waals surface area contributed by atoms with Gasteiger partial charge >= 0.3 is 0 Å². The summed E-state index contributed by atoms with van der Waals surface area (Å²) in [7, 11) is 1.64. The normalized spacial score (nSPS) is 15.5. The number of rotatable bonds is 13. The summed E-state index contributed by atoms with van der Waals surface area (Å²) in [6.45, 7) is 0.722. The highest BCUT2D eigenvalue weighted by Gasteiger charge is 2.39. The first-order chi connectivity index (χ1) is 20.3. The molecule has 1 aliphatic rings. The summed E-state index contributed by atoms with van der Waals surface area (Å²) in [5.41, 5.74) is 2.99. The van der Waals surface area contributed by atoms with Crippen LogP contribution < -0.4 is 4.74 Å². The third-order valence-corrected chi connectivity index (χ3v) is 9.29. The minimum Gasteiger partial charge on any atom is -0.497 e. The monoisotopic (exact) mass is 625 g/mol. The number of nitrogens with one attached hydrogen (secondary N) is 1. The van der Waals surface area contributed by atoms with Gasteiger partial charge in [-0.1, -0.05) is 35.3 Å². The largest absolute Gasteiger partial charge is 0.497 e. The van der Waals surface area contributed by atoms with Gasteiger partial charge in [-0.2, -0.15) is 0 Å². The molecule has 220 valence electrons. The Hall–Kier alpha value is -3.33. The van der Waals surface area contributed by atoms with Crippen molar-refractivity contribution in [2.45, 2.75) is 44.6 Å². The maximum atomic E-state index is 13.7. The molecule has 1 unspecified atom stereocenters. The summed E-state index contributed by atoms with van der Waals surface area (Å²) >= 11 is 14.0. The molecule has 5 rings (SSSR count). The molecule has 1 fully saturated rings. The average Bonchev–Trinajstić information content (AvgIpc) is 3.64. The number of halogens is 2. The second-order valence-electron chi connectivity index (χ2n) is 10.5. The van der Waals surface area contributed by atoms with Gasteiger partial charge in [-0.3, -0.25) is 14.4 Å². The highest BCUT2D eigenvalue weighted by Crippen LogP contribution is 2.26. The fourth-order valence-electron chi connectivity index (χ4n) is 5.47. The fraction of sp³-hybridized carbons (Fsp3) is 0.344. The number of carbonyl (C=O) groups is 3. The number of amides is 2. The van der Waals surface area contributed by atoms with E-state index < -0.39 is 6.04 Å². The van der Waals surface area contributed by atoms with E-state index in [-0.39, 0.29) is 30.6 Å². The number of nitrogens with zero attached hydrogens (tertiary/aromatic N) is 2. The Kier molecular flexibility index (Phi) is 9.88. The van der Waals surface area contributed by atoms with Gasteiger partial charge in [0.15, 0.2) is 0 Å². The third kappa shape index (κ3) is 7.17. The number of aryl methyl sites for hydroxylation is 1. The first kappa shape index (κ1) is 30.1. The van der Waals surface area contributed by atoms with Crippen molar-refractivity contribution in [3.63, 3.8) is 0 Å². The Labute approximate surface area is 259 Å². The van der Waals surface area contributed by atoms with Gasteiger partial charge in [0.1, 0.15) is 17.6 Å². The second-order valence-corrected chi connectivity index (χ2v) is 12.4. The SMILES string of the molecule is COc1ccc2[nH]cc(CCCC(=O)CC3C(=O)N(CCc4ccc(Cl)cc4Cl)CC(=O)N3CCc3cccs3)c2c1. The molecule has 42 heavy (non-hydrogen) atoms. The smallest absolute Gasteiger partial charge is 0.246 e. The van der Waals surface area contributed by atoms with Crippen molar-refractivity contribution in [2.75, 3.05) is 26.7 Å². The Morgan fingerprint density at radius 2 is 1.90 bits per heavy atom. The number of methoxy groups -OCH3 is 1. The molecule has 0 aliphatic carbocycles. The summed E-state index contributed by atoms with van der Waals surface area (Å²) in [6, 6.07) is 14.3. The molecule has 2 amide bonds. The van der Waals surface area contributed by atoms with E-state index in [1.807, 2.05) is 48.0 Å². The second kappa shape index (κ2) is 13.8.